The quantitative estimate of drug-likeness (QED) is 0.733. The number of hydrogen-bond acceptors (Lipinski definition) is 5. The molecule has 0 saturated heterocycles. The minimum Gasteiger partial charge on any atom is -0.452 e. The van der Waals surface area contributed by atoms with E-state index in [1.807, 2.05) is 12.1 Å². The lowest BCUT2D eigenvalue weighted by molar-refractivity contribution is -0.125. The van der Waals surface area contributed by atoms with Crippen molar-refractivity contribution in [1.29, 1.82) is 5.26 Å². The van der Waals surface area contributed by atoms with Gasteiger partial charge in [0, 0.05) is 18.8 Å². The molecule has 0 aliphatic heterocycles. The predicted molar refractivity (Wildman–Crippen MR) is 95.2 cm³/mol. The lowest BCUT2D eigenvalue weighted by Gasteiger charge is -2.22. The smallest absolute Gasteiger partial charge is 0.338 e. The third-order valence-corrected chi connectivity index (χ3v) is 4.59. The molecule has 6 heteroatoms. The lowest BCUT2D eigenvalue weighted by atomic mass is 9.98. The Bertz CT molecular complexity index is 657. The molecule has 2 rings (SSSR count). The number of esters is 1. The van der Waals surface area contributed by atoms with Crippen molar-refractivity contribution in [3.8, 4) is 6.07 Å². The van der Waals surface area contributed by atoms with Gasteiger partial charge in [0.05, 0.1) is 11.6 Å². The molecule has 1 atom stereocenters. The summed E-state index contributed by atoms with van der Waals surface area (Å²) in [4.78, 5) is 26.2. The molecule has 0 unspecified atom stereocenters. The summed E-state index contributed by atoms with van der Waals surface area (Å²) < 4.78 is 5.06. The molecule has 134 valence electrons. The van der Waals surface area contributed by atoms with E-state index in [1.54, 1.807) is 19.1 Å². The number of anilines is 1. The van der Waals surface area contributed by atoms with E-state index in [1.165, 1.54) is 0 Å². The maximum absolute atomic E-state index is 12.1. The van der Waals surface area contributed by atoms with E-state index in [4.69, 9.17) is 4.74 Å². The molecule has 1 aliphatic rings. The van der Waals surface area contributed by atoms with Gasteiger partial charge in [-0.3, -0.25) is 4.79 Å². The van der Waals surface area contributed by atoms with Gasteiger partial charge in [0.25, 0.3) is 5.91 Å². The van der Waals surface area contributed by atoms with Crippen molar-refractivity contribution in [3.63, 3.8) is 0 Å². The number of amides is 1. The third-order valence-electron chi connectivity index (χ3n) is 4.59. The molecule has 1 saturated carbocycles. The molecule has 1 aliphatic carbocycles. The summed E-state index contributed by atoms with van der Waals surface area (Å²) in [5.41, 5.74) is 0.553. The Balaban J connectivity index is 1.87. The average molecular weight is 343 g/mol. The fourth-order valence-corrected chi connectivity index (χ4v) is 2.82. The van der Waals surface area contributed by atoms with Crippen LogP contribution in [0, 0.1) is 17.2 Å². The zero-order chi connectivity index (χ0) is 18.4. The number of ether oxygens (including phenoxy) is 1. The number of nitriles is 1. The molecule has 0 radical (unpaired) electrons. The van der Waals surface area contributed by atoms with Crippen molar-refractivity contribution >= 4 is 17.6 Å². The topological polar surface area (TPSA) is 82.4 Å². The second kappa shape index (κ2) is 8.02. The van der Waals surface area contributed by atoms with Gasteiger partial charge in [-0.2, -0.15) is 5.26 Å². The fraction of sp³-hybridized carbons (Fsp3) is 0.526. The Hall–Kier alpha value is -2.55. The number of nitrogens with one attached hydrogen (secondary N) is 1. The number of nitrogens with zero attached hydrogens (tertiary/aromatic N) is 2. The van der Waals surface area contributed by atoms with Crippen LogP contribution in [-0.4, -0.2) is 37.1 Å². The van der Waals surface area contributed by atoms with Gasteiger partial charge in [-0.05, 0) is 63.8 Å². The molecular formula is C19H25N3O3. The molecule has 0 aromatic heterocycles. The van der Waals surface area contributed by atoms with Crippen LogP contribution in [0.2, 0.25) is 0 Å². The molecule has 1 aromatic carbocycles. The van der Waals surface area contributed by atoms with Gasteiger partial charge in [0.2, 0.25) is 0 Å². The Labute approximate surface area is 148 Å². The summed E-state index contributed by atoms with van der Waals surface area (Å²) in [7, 11) is 0. The highest BCUT2D eigenvalue weighted by Gasteiger charge is 2.43. The minimum atomic E-state index is -0.880. The van der Waals surface area contributed by atoms with Gasteiger partial charge in [0.15, 0.2) is 6.61 Å². The highest BCUT2D eigenvalue weighted by atomic mass is 16.5. The molecule has 0 spiro atoms. The monoisotopic (exact) mass is 343 g/mol. The molecule has 1 fully saturated rings. The van der Waals surface area contributed by atoms with Gasteiger partial charge in [-0.15, -0.1) is 0 Å². The number of benzene rings is 1. The highest BCUT2D eigenvalue weighted by molar-refractivity contribution is 5.91. The van der Waals surface area contributed by atoms with Crippen LogP contribution in [0.15, 0.2) is 24.3 Å². The van der Waals surface area contributed by atoms with Gasteiger partial charge in [-0.25, -0.2) is 4.79 Å². The lowest BCUT2D eigenvalue weighted by Crippen LogP contribution is -2.48. The summed E-state index contributed by atoms with van der Waals surface area (Å²) in [5.74, 6) is -0.819. The number of hydrogen-bond donors (Lipinski definition) is 1. The van der Waals surface area contributed by atoms with Gasteiger partial charge in [-0.1, -0.05) is 0 Å². The standard InChI is InChI=1S/C19H25N3O3/c1-4-22(5-2)16-10-6-14(7-11-16)18(24)25-12-17(23)21-19(3,13-20)15-8-9-15/h6-7,10-11,15H,4-5,8-9,12H2,1-3H3,(H,21,23)/t19-/m1/s1. The van der Waals surface area contributed by atoms with E-state index >= 15 is 0 Å². The molecule has 1 N–H and O–H groups in total. The van der Waals surface area contributed by atoms with Gasteiger partial charge >= 0.3 is 5.97 Å². The van der Waals surface area contributed by atoms with Gasteiger partial charge < -0.3 is 15.0 Å². The first-order valence-corrected chi connectivity index (χ1v) is 8.68. The Morgan fingerprint density at radius 3 is 2.36 bits per heavy atom. The van der Waals surface area contributed by atoms with Crippen LogP contribution in [-0.2, 0) is 9.53 Å². The van der Waals surface area contributed by atoms with Crippen LogP contribution in [0.3, 0.4) is 0 Å². The molecule has 1 aromatic rings. The summed E-state index contributed by atoms with van der Waals surface area (Å²) in [6.45, 7) is 7.23. The Morgan fingerprint density at radius 2 is 1.88 bits per heavy atom. The SMILES string of the molecule is CCN(CC)c1ccc(C(=O)OCC(=O)N[C@](C)(C#N)C2CC2)cc1. The van der Waals surface area contributed by atoms with E-state index in [9.17, 15) is 14.9 Å². The second-order valence-electron chi connectivity index (χ2n) is 6.43. The fourth-order valence-electron chi connectivity index (χ4n) is 2.82. The summed E-state index contributed by atoms with van der Waals surface area (Å²) >= 11 is 0. The first-order chi connectivity index (χ1) is 11.9. The van der Waals surface area contributed by atoms with E-state index in [0.717, 1.165) is 31.6 Å². The van der Waals surface area contributed by atoms with Crippen molar-refractivity contribution in [3.05, 3.63) is 29.8 Å². The van der Waals surface area contributed by atoms with Crippen LogP contribution in [0.1, 0.15) is 44.0 Å². The number of carbonyl (C=O) groups is 2. The van der Waals surface area contributed by atoms with E-state index in [-0.39, 0.29) is 12.5 Å². The largest absolute Gasteiger partial charge is 0.452 e. The molecule has 6 nitrogen and oxygen atoms in total. The Kier molecular flexibility index (Phi) is 6.02. The molecule has 0 bridgehead atoms. The van der Waals surface area contributed by atoms with Crippen LogP contribution in [0.4, 0.5) is 5.69 Å². The highest BCUT2D eigenvalue weighted by Crippen LogP contribution is 2.39. The maximum Gasteiger partial charge on any atom is 0.338 e. The number of rotatable bonds is 8. The van der Waals surface area contributed by atoms with Crippen molar-refractivity contribution in [2.24, 2.45) is 5.92 Å². The predicted octanol–water partition coefficient (Wildman–Crippen LogP) is 2.50. The summed E-state index contributed by atoms with van der Waals surface area (Å²) in [5, 5.41) is 11.9. The summed E-state index contributed by atoms with van der Waals surface area (Å²) in [6.07, 6.45) is 1.87. The van der Waals surface area contributed by atoms with E-state index in [0.29, 0.717) is 5.56 Å². The average Bonchev–Trinajstić information content (AvgIpc) is 3.47. The third kappa shape index (κ3) is 4.72. The van der Waals surface area contributed by atoms with Crippen LogP contribution in [0.5, 0.6) is 0 Å². The van der Waals surface area contributed by atoms with Crippen LogP contribution >= 0.6 is 0 Å². The zero-order valence-electron chi connectivity index (χ0n) is 15.0. The summed E-state index contributed by atoms with van der Waals surface area (Å²) in [6, 6.07) is 9.25. The van der Waals surface area contributed by atoms with Crippen molar-refractivity contribution < 1.29 is 14.3 Å². The minimum absolute atomic E-state index is 0.185. The van der Waals surface area contributed by atoms with Crippen LogP contribution in [0.25, 0.3) is 0 Å². The molecule has 0 heterocycles. The van der Waals surface area contributed by atoms with Crippen molar-refractivity contribution in [1.82, 2.24) is 5.32 Å². The zero-order valence-corrected chi connectivity index (χ0v) is 15.0. The van der Waals surface area contributed by atoms with Gasteiger partial charge in [0.1, 0.15) is 5.54 Å². The van der Waals surface area contributed by atoms with E-state index in [2.05, 4.69) is 30.1 Å². The molecular weight excluding hydrogens is 318 g/mol. The van der Waals surface area contributed by atoms with E-state index < -0.39 is 17.4 Å². The normalized spacial score (nSPS) is 15.6. The maximum atomic E-state index is 12.1. The molecule has 25 heavy (non-hydrogen) atoms. The first kappa shape index (κ1) is 18.8. The van der Waals surface area contributed by atoms with Crippen molar-refractivity contribution in [2.75, 3.05) is 24.6 Å². The van der Waals surface area contributed by atoms with Crippen molar-refractivity contribution in [2.45, 2.75) is 39.2 Å². The first-order valence-electron chi connectivity index (χ1n) is 8.68. The second-order valence-corrected chi connectivity index (χ2v) is 6.43. The molecule has 1 amide bonds. The number of carbonyl (C=O) groups excluding carboxylic acids is 2. The van der Waals surface area contributed by atoms with Crippen LogP contribution < -0.4 is 10.2 Å². The Morgan fingerprint density at radius 1 is 1.28 bits per heavy atom.